The fourth-order valence-electron chi connectivity index (χ4n) is 1.68. The highest BCUT2D eigenvalue weighted by Crippen LogP contribution is 2.26. The van der Waals surface area contributed by atoms with Crippen LogP contribution >= 0.6 is 11.8 Å². The Morgan fingerprint density at radius 3 is 2.50 bits per heavy atom. The quantitative estimate of drug-likeness (QED) is 0.768. The maximum Gasteiger partial charge on any atom is 0.0574 e. The maximum absolute atomic E-state index is 5.76. The number of rotatable bonds is 5. The van der Waals surface area contributed by atoms with E-state index < -0.39 is 0 Å². The van der Waals surface area contributed by atoms with Gasteiger partial charge in [0, 0.05) is 29.1 Å². The summed E-state index contributed by atoms with van der Waals surface area (Å²) in [6, 6.07) is 8.46. The molecule has 0 unspecified atom stereocenters. The third kappa shape index (κ3) is 2.51. The molecule has 1 aromatic carbocycles. The van der Waals surface area contributed by atoms with Gasteiger partial charge in [0.15, 0.2) is 0 Å². The molecule has 1 fully saturated rings. The van der Waals surface area contributed by atoms with Crippen LogP contribution in [-0.4, -0.2) is 32.6 Å². The van der Waals surface area contributed by atoms with Crippen molar-refractivity contribution in [3.05, 3.63) is 24.3 Å². The van der Waals surface area contributed by atoms with Gasteiger partial charge in [-0.25, -0.2) is 0 Å². The van der Waals surface area contributed by atoms with E-state index in [0.717, 1.165) is 25.4 Å². The molecule has 0 aliphatic carbocycles. The third-order valence-corrected chi connectivity index (χ3v) is 3.75. The molecule has 16 heavy (non-hydrogen) atoms. The summed E-state index contributed by atoms with van der Waals surface area (Å²) in [6.07, 6.45) is 2.08. The highest BCUT2D eigenvalue weighted by Gasteiger charge is 2.36. The van der Waals surface area contributed by atoms with Crippen LogP contribution in [0.15, 0.2) is 29.2 Å². The number of benzene rings is 1. The molecule has 0 atom stereocenters. The van der Waals surface area contributed by atoms with E-state index in [9.17, 15) is 0 Å². The number of hydrogen-bond donors (Lipinski definition) is 2. The molecular weight excluding hydrogens is 220 g/mol. The molecule has 0 bridgehead atoms. The van der Waals surface area contributed by atoms with Crippen molar-refractivity contribution >= 4 is 17.4 Å². The molecule has 88 valence electrons. The van der Waals surface area contributed by atoms with Gasteiger partial charge in [-0.15, -0.1) is 11.8 Å². The molecule has 1 aromatic rings. The van der Waals surface area contributed by atoms with Crippen molar-refractivity contribution in [3.8, 4) is 0 Å². The van der Waals surface area contributed by atoms with Crippen molar-refractivity contribution < 1.29 is 4.74 Å². The molecule has 0 aromatic heterocycles. The van der Waals surface area contributed by atoms with Crippen LogP contribution < -0.4 is 11.1 Å². The van der Waals surface area contributed by atoms with Crippen molar-refractivity contribution in [1.29, 1.82) is 0 Å². The minimum atomic E-state index is 0.151. The highest BCUT2D eigenvalue weighted by atomic mass is 32.2. The maximum atomic E-state index is 5.76. The van der Waals surface area contributed by atoms with Gasteiger partial charge in [0.05, 0.1) is 13.2 Å². The van der Waals surface area contributed by atoms with Crippen LogP contribution in [0.4, 0.5) is 5.69 Å². The van der Waals surface area contributed by atoms with Crippen molar-refractivity contribution in [1.82, 2.24) is 0 Å². The molecule has 0 spiro atoms. The zero-order valence-corrected chi connectivity index (χ0v) is 10.3. The molecule has 4 heteroatoms. The molecular formula is C12H18N2OS. The summed E-state index contributed by atoms with van der Waals surface area (Å²) in [5.41, 5.74) is 7.06. The van der Waals surface area contributed by atoms with E-state index in [1.165, 1.54) is 4.90 Å². The summed E-state index contributed by atoms with van der Waals surface area (Å²) in [5.74, 6) is 0. The summed E-state index contributed by atoms with van der Waals surface area (Å²) in [4.78, 5) is 1.28. The van der Waals surface area contributed by atoms with E-state index in [0.29, 0.717) is 6.54 Å². The zero-order valence-electron chi connectivity index (χ0n) is 9.53. The molecule has 1 saturated heterocycles. The largest absolute Gasteiger partial charge is 0.384 e. The normalized spacial score (nSPS) is 17.9. The number of nitrogens with two attached hydrogens (primary N) is 1. The SMILES string of the molecule is CSc1ccc(NCC2(CN)COC2)cc1. The summed E-state index contributed by atoms with van der Waals surface area (Å²) in [6.45, 7) is 3.13. The standard InChI is InChI=1S/C12H18N2OS/c1-16-11-4-2-10(3-5-11)14-7-12(6-13)8-15-9-12/h2-5,14H,6-9,13H2,1H3. The Hall–Kier alpha value is -0.710. The number of thioether (sulfide) groups is 1. The van der Waals surface area contributed by atoms with Gasteiger partial charge in [0.2, 0.25) is 0 Å². The lowest BCUT2D eigenvalue weighted by molar-refractivity contribution is -0.0979. The fourth-order valence-corrected chi connectivity index (χ4v) is 2.09. The number of nitrogens with one attached hydrogen (secondary N) is 1. The first-order valence-electron chi connectivity index (χ1n) is 5.44. The third-order valence-electron chi connectivity index (χ3n) is 3.01. The Bertz CT molecular complexity index is 330. The Morgan fingerprint density at radius 2 is 2.06 bits per heavy atom. The zero-order chi connectivity index (χ0) is 11.4. The topological polar surface area (TPSA) is 47.3 Å². The summed E-state index contributed by atoms with van der Waals surface area (Å²) >= 11 is 1.75. The molecule has 0 saturated carbocycles. The average molecular weight is 238 g/mol. The van der Waals surface area contributed by atoms with Crippen molar-refractivity contribution in [2.24, 2.45) is 11.1 Å². The van der Waals surface area contributed by atoms with E-state index >= 15 is 0 Å². The Balaban J connectivity index is 1.89. The Morgan fingerprint density at radius 1 is 1.38 bits per heavy atom. The van der Waals surface area contributed by atoms with E-state index in [4.69, 9.17) is 10.5 Å². The molecule has 3 N–H and O–H groups in total. The smallest absolute Gasteiger partial charge is 0.0574 e. The van der Waals surface area contributed by atoms with Gasteiger partial charge in [0.25, 0.3) is 0 Å². The van der Waals surface area contributed by atoms with Crippen LogP contribution in [0.3, 0.4) is 0 Å². The second-order valence-corrected chi connectivity index (χ2v) is 5.16. The second kappa shape index (κ2) is 5.08. The molecule has 2 rings (SSSR count). The lowest BCUT2D eigenvalue weighted by Gasteiger charge is -2.40. The average Bonchev–Trinajstić information content (AvgIpc) is 2.29. The molecule has 1 aliphatic heterocycles. The number of anilines is 1. The van der Waals surface area contributed by atoms with Crippen LogP contribution in [0.25, 0.3) is 0 Å². The van der Waals surface area contributed by atoms with Crippen molar-refractivity contribution in [2.45, 2.75) is 4.90 Å². The highest BCUT2D eigenvalue weighted by molar-refractivity contribution is 7.98. The Labute approximate surface area is 101 Å². The predicted octanol–water partition coefficient (Wildman–Crippen LogP) is 1.80. The molecule has 0 radical (unpaired) electrons. The van der Waals surface area contributed by atoms with Gasteiger partial charge in [-0.3, -0.25) is 0 Å². The minimum Gasteiger partial charge on any atom is -0.384 e. The molecule has 0 amide bonds. The molecule has 1 heterocycles. The van der Waals surface area contributed by atoms with Gasteiger partial charge >= 0.3 is 0 Å². The van der Waals surface area contributed by atoms with E-state index in [1.807, 2.05) is 0 Å². The molecule has 1 aliphatic rings. The Kier molecular flexibility index (Phi) is 3.74. The van der Waals surface area contributed by atoms with Crippen LogP contribution in [0.1, 0.15) is 0 Å². The van der Waals surface area contributed by atoms with Gasteiger partial charge in [-0.05, 0) is 30.5 Å². The van der Waals surface area contributed by atoms with E-state index in [2.05, 4.69) is 35.8 Å². The molecule has 3 nitrogen and oxygen atoms in total. The van der Waals surface area contributed by atoms with Crippen molar-refractivity contribution in [2.75, 3.05) is 37.9 Å². The minimum absolute atomic E-state index is 0.151. The van der Waals surface area contributed by atoms with Gasteiger partial charge in [0.1, 0.15) is 0 Å². The van der Waals surface area contributed by atoms with Gasteiger partial charge < -0.3 is 15.8 Å². The monoisotopic (exact) mass is 238 g/mol. The first-order chi connectivity index (χ1) is 7.78. The lowest BCUT2D eigenvalue weighted by atomic mass is 9.86. The first kappa shape index (κ1) is 11.8. The fraction of sp³-hybridized carbons (Fsp3) is 0.500. The van der Waals surface area contributed by atoms with Crippen LogP contribution in [0.2, 0.25) is 0 Å². The summed E-state index contributed by atoms with van der Waals surface area (Å²) in [7, 11) is 0. The number of hydrogen-bond acceptors (Lipinski definition) is 4. The van der Waals surface area contributed by atoms with E-state index in [-0.39, 0.29) is 5.41 Å². The van der Waals surface area contributed by atoms with E-state index in [1.54, 1.807) is 11.8 Å². The summed E-state index contributed by atoms with van der Waals surface area (Å²) in [5, 5.41) is 3.42. The van der Waals surface area contributed by atoms with Crippen LogP contribution in [-0.2, 0) is 4.74 Å². The van der Waals surface area contributed by atoms with Crippen LogP contribution in [0.5, 0.6) is 0 Å². The van der Waals surface area contributed by atoms with Crippen LogP contribution in [0, 0.1) is 5.41 Å². The van der Waals surface area contributed by atoms with Gasteiger partial charge in [-0.2, -0.15) is 0 Å². The summed E-state index contributed by atoms with van der Waals surface area (Å²) < 4.78 is 5.23. The van der Waals surface area contributed by atoms with Crippen molar-refractivity contribution in [3.63, 3.8) is 0 Å². The van der Waals surface area contributed by atoms with Gasteiger partial charge in [-0.1, -0.05) is 0 Å². The first-order valence-corrected chi connectivity index (χ1v) is 6.66. The number of ether oxygens (including phenoxy) is 1. The lowest BCUT2D eigenvalue weighted by Crippen LogP contribution is -2.52. The second-order valence-electron chi connectivity index (χ2n) is 4.28. The predicted molar refractivity (Wildman–Crippen MR) is 69.0 cm³/mol.